The number of carbonyl (C=O) groups is 1. The number of nitrogens with zero attached hydrogens (tertiary/aromatic N) is 1. The summed E-state index contributed by atoms with van der Waals surface area (Å²) < 4.78 is 12.2. The molecule has 1 heterocycles. The number of ether oxygens (including phenoxy) is 2. The Morgan fingerprint density at radius 2 is 1.88 bits per heavy atom. The van der Waals surface area contributed by atoms with E-state index in [9.17, 15) is 4.79 Å². The van der Waals surface area contributed by atoms with Gasteiger partial charge in [-0.3, -0.25) is 4.79 Å². The summed E-state index contributed by atoms with van der Waals surface area (Å²) in [7, 11) is 6.35. The van der Waals surface area contributed by atoms with E-state index < -0.39 is 5.79 Å². The van der Waals surface area contributed by atoms with Gasteiger partial charge in [-0.1, -0.05) is 0 Å². The summed E-state index contributed by atoms with van der Waals surface area (Å²) in [5, 5.41) is 0. The van der Waals surface area contributed by atoms with E-state index in [0.717, 1.165) is 23.9 Å². The molecule has 1 spiro atoms. The van der Waals surface area contributed by atoms with Crippen molar-refractivity contribution in [3.63, 3.8) is 0 Å². The van der Waals surface area contributed by atoms with Crippen LogP contribution in [0.15, 0.2) is 0 Å². The monoisotopic (exact) mass is 355 g/mol. The van der Waals surface area contributed by atoms with Gasteiger partial charge in [0.1, 0.15) is 5.78 Å². The fourth-order valence-corrected chi connectivity index (χ4v) is 2.70. The molecule has 5 heteroatoms. The fourth-order valence-electron chi connectivity index (χ4n) is 2.70. The molecule has 1 saturated carbocycles. The van der Waals surface area contributed by atoms with Crippen molar-refractivity contribution >= 4 is 5.78 Å². The van der Waals surface area contributed by atoms with Crippen molar-refractivity contribution in [2.75, 3.05) is 40.9 Å². The van der Waals surface area contributed by atoms with Crippen molar-refractivity contribution in [3.8, 4) is 0 Å². The molecular formula is C12H22INO3. The van der Waals surface area contributed by atoms with Crippen LogP contribution in [0, 0.1) is 5.92 Å². The van der Waals surface area contributed by atoms with E-state index in [4.69, 9.17) is 9.47 Å². The molecule has 2 fully saturated rings. The van der Waals surface area contributed by atoms with Gasteiger partial charge in [-0.25, -0.2) is 0 Å². The van der Waals surface area contributed by atoms with Crippen molar-refractivity contribution < 1.29 is 42.7 Å². The smallest absolute Gasteiger partial charge is 0.169 e. The second kappa shape index (κ2) is 5.50. The molecule has 1 saturated heterocycles. The highest BCUT2D eigenvalue weighted by atomic mass is 127. The van der Waals surface area contributed by atoms with Gasteiger partial charge in [0.25, 0.3) is 0 Å². The minimum Gasteiger partial charge on any atom is -1.00 e. The van der Waals surface area contributed by atoms with Crippen LogP contribution < -0.4 is 24.0 Å². The Morgan fingerprint density at radius 1 is 1.29 bits per heavy atom. The molecule has 0 bridgehead atoms. The minimum atomic E-state index is -0.437. The molecule has 100 valence electrons. The number of carbonyl (C=O) groups excluding carboxylic acids is 1. The van der Waals surface area contributed by atoms with E-state index in [-0.39, 0.29) is 29.9 Å². The van der Waals surface area contributed by atoms with Gasteiger partial charge in [0.2, 0.25) is 0 Å². The van der Waals surface area contributed by atoms with Crippen molar-refractivity contribution in [1.29, 1.82) is 0 Å². The van der Waals surface area contributed by atoms with Crippen LogP contribution in [0.3, 0.4) is 0 Å². The van der Waals surface area contributed by atoms with Gasteiger partial charge in [-0.15, -0.1) is 0 Å². The van der Waals surface area contributed by atoms with E-state index in [1.807, 2.05) is 0 Å². The lowest BCUT2D eigenvalue weighted by molar-refractivity contribution is -0.873. The van der Waals surface area contributed by atoms with Crippen molar-refractivity contribution in [3.05, 3.63) is 0 Å². The highest BCUT2D eigenvalue weighted by Gasteiger charge is 2.45. The lowest BCUT2D eigenvalue weighted by Crippen LogP contribution is -3.00. The lowest BCUT2D eigenvalue weighted by Gasteiger charge is -2.37. The predicted octanol–water partition coefficient (Wildman–Crippen LogP) is -2.19. The maximum atomic E-state index is 11.9. The molecule has 0 N–H and O–H groups in total. The molecular weight excluding hydrogens is 333 g/mol. The van der Waals surface area contributed by atoms with Crippen LogP contribution in [0.1, 0.15) is 19.3 Å². The first kappa shape index (κ1) is 15.3. The number of ketones is 1. The van der Waals surface area contributed by atoms with Gasteiger partial charge in [-0.2, -0.15) is 0 Å². The molecule has 0 radical (unpaired) electrons. The summed E-state index contributed by atoms with van der Waals surface area (Å²) in [4.78, 5) is 11.9. The van der Waals surface area contributed by atoms with Crippen LogP contribution in [0.2, 0.25) is 0 Å². The molecule has 0 aromatic heterocycles. The molecule has 1 aliphatic heterocycles. The molecule has 1 unspecified atom stereocenters. The Balaban J connectivity index is 0.00000144. The molecule has 2 rings (SSSR count). The largest absolute Gasteiger partial charge is 1.00 e. The standard InChI is InChI=1S/C12H22NO3.HI/c1-13(2,3)9-10-8-12(5-4-11(10)14)15-6-7-16-12;/h10H,4-9H2,1-3H3;1H/q+1;/p-1. The average molecular weight is 355 g/mol. The third kappa shape index (κ3) is 3.87. The Bertz CT molecular complexity index is 282. The zero-order valence-corrected chi connectivity index (χ0v) is 13.0. The number of halogens is 1. The van der Waals surface area contributed by atoms with Gasteiger partial charge in [0.05, 0.1) is 46.8 Å². The zero-order valence-electron chi connectivity index (χ0n) is 10.9. The SMILES string of the molecule is C[N+](C)(C)CC1CC2(CCC1=O)OCCO2.[I-]. The third-order valence-corrected chi connectivity index (χ3v) is 3.35. The van der Waals surface area contributed by atoms with Crippen LogP contribution in [0.4, 0.5) is 0 Å². The summed E-state index contributed by atoms with van der Waals surface area (Å²) in [5.74, 6) is 0.0259. The molecule has 17 heavy (non-hydrogen) atoms. The lowest BCUT2D eigenvalue weighted by atomic mass is 9.83. The molecule has 1 atom stereocenters. The average Bonchev–Trinajstić information content (AvgIpc) is 2.58. The summed E-state index contributed by atoms with van der Waals surface area (Å²) in [6.45, 7) is 2.21. The number of Topliss-reactive ketones (excluding diaryl/α,β-unsaturated/α-hetero) is 1. The van der Waals surface area contributed by atoms with E-state index in [0.29, 0.717) is 25.4 Å². The number of quaternary nitrogens is 1. The highest BCUT2D eigenvalue weighted by Crippen LogP contribution is 2.37. The first-order valence-corrected chi connectivity index (χ1v) is 6.01. The molecule has 0 amide bonds. The molecule has 2 aliphatic rings. The third-order valence-electron chi connectivity index (χ3n) is 3.35. The normalized spacial score (nSPS) is 28.2. The van der Waals surface area contributed by atoms with E-state index >= 15 is 0 Å². The number of rotatable bonds is 2. The zero-order chi connectivity index (χ0) is 11.8. The second-order valence-electron chi connectivity index (χ2n) is 5.95. The molecule has 0 aromatic rings. The van der Waals surface area contributed by atoms with Crippen molar-refractivity contribution in [1.82, 2.24) is 0 Å². The van der Waals surface area contributed by atoms with Crippen LogP contribution in [0.25, 0.3) is 0 Å². The second-order valence-corrected chi connectivity index (χ2v) is 5.95. The van der Waals surface area contributed by atoms with Gasteiger partial charge in [0.15, 0.2) is 5.79 Å². The van der Waals surface area contributed by atoms with E-state index in [1.165, 1.54) is 0 Å². The Kier molecular flexibility index (Phi) is 4.97. The maximum Gasteiger partial charge on any atom is 0.169 e. The molecule has 1 aliphatic carbocycles. The quantitative estimate of drug-likeness (QED) is 0.417. The Morgan fingerprint density at radius 3 is 2.41 bits per heavy atom. The van der Waals surface area contributed by atoms with E-state index in [1.54, 1.807) is 0 Å². The first-order chi connectivity index (χ1) is 7.40. The molecule has 4 nitrogen and oxygen atoms in total. The first-order valence-electron chi connectivity index (χ1n) is 6.01. The van der Waals surface area contributed by atoms with Crippen molar-refractivity contribution in [2.24, 2.45) is 5.92 Å². The Labute approximate surface area is 120 Å². The maximum absolute atomic E-state index is 11.9. The summed E-state index contributed by atoms with van der Waals surface area (Å²) in [6.07, 6.45) is 2.07. The highest BCUT2D eigenvalue weighted by molar-refractivity contribution is 5.82. The van der Waals surface area contributed by atoms with Crippen LogP contribution in [-0.4, -0.2) is 57.0 Å². The van der Waals surface area contributed by atoms with Gasteiger partial charge >= 0.3 is 0 Å². The summed E-state index contributed by atoms with van der Waals surface area (Å²) in [5.41, 5.74) is 0. The predicted molar refractivity (Wildman–Crippen MR) is 59.9 cm³/mol. The van der Waals surface area contributed by atoms with E-state index in [2.05, 4.69) is 21.1 Å². The summed E-state index contributed by atoms with van der Waals surface area (Å²) in [6, 6.07) is 0. The fraction of sp³-hybridized carbons (Fsp3) is 0.917. The van der Waals surface area contributed by atoms with Crippen LogP contribution in [0.5, 0.6) is 0 Å². The number of hydrogen-bond acceptors (Lipinski definition) is 3. The topological polar surface area (TPSA) is 35.5 Å². The Hall–Kier alpha value is 0.280. The van der Waals surface area contributed by atoms with Gasteiger partial charge in [0, 0.05) is 19.3 Å². The molecule has 0 aromatic carbocycles. The van der Waals surface area contributed by atoms with Crippen molar-refractivity contribution in [2.45, 2.75) is 25.0 Å². The minimum absolute atomic E-state index is 0. The van der Waals surface area contributed by atoms with Crippen LogP contribution >= 0.6 is 0 Å². The number of hydrogen-bond donors (Lipinski definition) is 0. The summed E-state index contributed by atoms with van der Waals surface area (Å²) >= 11 is 0. The van der Waals surface area contributed by atoms with Crippen LogP contribution in [-0.2, 0) is 14.3 Å². The van der Waals surface area contributed by atoms with Gasteiger partial charge < -0.3 is 37.9 Å². The van der Waals surface area contributed by atoms with Gasteiger partial charge in [-0.05, 0) is 0 Å².